The van der Waals surface area contributed by atoms with Gasteiger partial charge in [-0.2, -0.15) is 0 Å². The third-order valence-corrected chi connectivity index (χ3v) is 2.77. The molecule has 15 heavy (non-hydrogen) atoms. The highest BCUT2D eigenvalue weighted by atomic mass is 16.5. The topological polar surface area (TPSA) is 30.5 Å². The van der Waals surface area contributed by atoms with Crippen molar-refractivity contribution in [2.75, 3.05) is 20.3 Å². The van der Waals surface area contributed by atoms with E-state index in [0.29, 0.717) is 6.04 Å². The molecule has 3 heteroatoms. The molecule has 1 fully saturated rings. The zero-order valence-corrected chi connectivity index (χ0v) is 9.19. The molecule has 2 rings (SSSR count). The molecule has 1 saturated heterocycles. The van der Waals surface area contributed by atoms with E-state index in [4.69, 9.17) is 9.47 Å². The minimum atomic E-state index is 0.0925. The highest BCUT2D eigenvalue weighted by Crippen LogP contribution is 2.30. The molecule has 2 atom stereocenters. The van der Waals surface area contributed by atoms with Crippen molar-refractivity contribution in [3.05, 3.63) is 29.8 Å². The SMILES string of the molecule is COc1ccccc1C1OCCNC1C. The minimum absolute atomic E-state index is 0.0925. The number of methoxy groups -OCH3 is 1. The van der Waals surface area contributed by atoms with Crippen LogP contribution in [0.25, 0.3) is 0 Å². The van der Waals surface area contributed by atoms with Crippen LogP contribution in [0.4, 0.5) is 0 Å². The Balaban J connectivity index is 2.26. The van der Waals surface area contributed by atoms with E-state index in [1.165, 1.54) is 0 Å². The molecule has 3 nitrogen and oxygen atoms in total. The average Bonchev–Trinajstić information content (AvgIpc) is 2.30. The Kier molecular flexibility index (Phi) is 3.23. The standard InChI is InChI=1S/C12H17NO2/c1-9-12(15-8-7-13-9)10-5-3-4-6-11(10)14-2/h3-6,9,12-13H,7-8H2,1-2H3. The third-order valence-electron chi connectivity index (χ3n) is 2.77. The lowest BCUT2D eigenvalue weighted by Gasteiger charge is -2.31. The Morgan fingerprint density at radius 1 is 1.40 bits per heavy atom. The molecule has 2 unspecified atom stereocenters. The summed E-state index contributed by atoms with van der Waals surface area (Å²) in [6.45, 7) is 3.82. The molecule has 1 heterocycles. The van der Waals surface area contributed by atoms with Crippen LogP contribution in [0.1, 0.15) is 18.6 Å². The first-order valence-corrected chi connectivity index (χ1v) is 5.31. The molecular formula is C12H17NO2. The Morgan fingerprint density at radius 3 is 2.93 bits per heavy atom. The summed E-state index contributed by atoms with van der Waals surface area (Å²) in [6.07, 6.45) is 0.0925. The number of benzene rings is 1. The predicted octanol–water partition coefficient (Wildman–Crippen LogP) is 1.74. The van der Waals surface area contributed by atoms with Gasteiger partial charge in [-0.1, -0.05) is 18.2 Å². The van der Waals surface area contributed by atoms with Crippen molar-refractivity contribution < 1.29 is 9.47 Å². The van der Waals surface area contributed by atoms with E-state index in [0.717, 1.165) is 24.5 Å². The zero-order valence-electron chi connectivity index (χ0n) is 9.19. The van der Waals surface area contributed by atoms with E-state index in [2.05, 4.69) is 18.3 Å². The van der Waals surface area contributed by atoms with Gasteiger partial charge in [-0.05, 0) is 13.0 Å². The van der Waals surface area contributed by atoms with Crippen molar-refractivity contribution in [3.8, 4) is 5.75 Å². The summed E-state index contributed by atoms with van der Waals surface area (Å²) in [5, 5.41) is 3.40. The number of ether oxygens (including phenoxy) is 2. The van der Waals surface area contributed by atoms with Crippen molar-refractivity contribution in [1.82, 2.24) is 5.32 Å². The van der Waals surface area contributed by atoms with Crippen molar-refractivity contribution in [1.29, 1.82) is 0 Å². The second kappa shape index (κ2) is 4.64. The van der Waals surface area contributed by atoms with E-state index in [9.17, 15) is 0 Å². The molecule has 0 aromatic heterocycles. The van der Waals surface area contributed by atoms with Crippen LogP contribution in [0.3, 0.4) is 0 Å². The summed E-state index contributed by atoms with van der Waals surface area (Å²) in [7, 11) is 1.69. The molecular weight excluding hydrogens is 190 g/mol. The second-order valence-corrected chi connectivity index (χ2v) is 3.78. The minimum Gasteiger partial charge on any atom is -0.496 e. The van der Waals surface area contributed by atoms with Gasteiger partial charge in [0.25, 0.3) is 0 Å². The fourth-order valence-corrected chi connectivity index (χ4v) is 1.98. The lowest BCUT2D eigenvalue weighted by molar-refractivity contribution is -0.00150. The first kappa shape index (κ1) is 10.5. The van der Waals surface area contributed by atoms with Crippen LogP contribution < -0.4 is 10.1 Å². The van der Waals surface area contributed by atoms with Crippen LogP contribution >= 0.6 is 0 Å². The molecule has 1 aliphatic rings. The zero-order chi connectivity index (χ0) is 10.7. The number of hydrogen-bond donors (Lipinski definition) is 1. The second-order valence-electron chi connectivity index (χ2n) is 3.78. The number of rotatable bonds is 2. The van der Waals surface area contributed by atoms with Gasteiger partial charge in [0.05, 0.1) is 13.7 Å². The van der Waals surface area contributed by atoms with Crippen LogP contribution in [0, 0.1) is 0 Å². The highest BCUT2D eigenvalue weighted by molar-refractivity contribution is 5.36. The van der Waals surface area contributed by atoms with Gasteiger partial charge in [-0.15, -0.1) is 0 Å². The summed E-state index contributed by atoms with van der Waals surface area (Å²) in [5.41, 5.74) is 1.12. The fraction of sp³-hybridized carbons (Fsp3) is 0.500. The number of para-hydroxylation sites is 1. The summed E-state index contributed by atoms with van der Waals surface area (Å²) < 4.78 is 11.1. The van der Waals surface area contributed by atoms with Crippen LogP contribution in [0.2, 0.25) is 0 Å². The molecule has 0 aliphatic carbocycles. The van der Waals surface area contributed by atoms with Gasteiger partial charge in [0.1, 0.15) is 11.9 Å². The molecule has 0 amide bonds. The Labute approximate surface area is 90.4 Å². The van der Waals surface area contributed by atoms with E-state index < -0.39 is 0 Å². The van der Waals surface area contributed by atoms with E-state index in [1.54, 1.807) is 7.11 Å². The largest absolute Gasteiger partial charge is 0.496 e. The van der Waals surface area contributed by atoms with E-state index in [-0.39, 0.29) is 6.10 Å². The first-order chi connectivity index (χ1) is 7.33. The van der Waals surface area contributed by atoms with Gasteiger partial charge in [-0.25, -0.2) is 0 Å². The lowest BCUT2D eigenvalue weighted by atomic mass is 10.0. The number of hydrogen-bond acceptors (Lipinski definition) is 3. The van der Waals surface area contributed by atoms with Crippen LogP contribution in [0.15, 0.2) is 24.3 Å². The number of morpholine rings is 1. The first-order valence-electron chi connectivity index (χ1n) is 5.31. The molecule has 0 bridgehead atoms. The van der Waals surface area contributed by atoms with Crippen molar-refractivity contribution in [2.24, 2.45) is 0 Å². The summed E-state index contributed by atoms with van der Waals surface area (Å²) in [6, 6.07) is 8.36. The normalized spacial score (nSPS) is 26.3. The van der Waals surface area contributed by atoms with Crippen LogP contribution in [0.5, 0.6) is 5.75 Å². The Morgan fingerprint density at radius 2 is 2.20 bits per heavy atom. The molecule has 0 radical (unpaired) electrons. The summed E-state index contributed by atoms with van der Waals surface area (Å²) in [5.74, 6) is 0.901. The van der Waals surface area contributed by atoms with Gasteiger partial charge in [0, 0.05) is 18.2 Å². The Hall–Kier alpha value is -1.06. The average molecular weight is 207 g/mol. The Bertz CT molecular complexity index is 327. The molecule has 0 spiro atoms. The summed E-state index contributed by atoms with van der Waals surface area (Å²) >= 11 is 0. The molecule has 1 N–H and O–H groups in total. The van der Waals surface area contributed by atoms with E-state index >= 15 is 0 Å². The van der Waals surface area contributed by atoms with Crippen LogP contribution in [-0.4, -0.2) is 26.3 Å². The quantitative estimate of drug-likeness (QED) is 0.801. The summed E-state index contributed by atoms with van der Waals surface area (Å²) in [4.78, 5) is 0. The molecule has 1 aromatic carbocycles. The number of nitrogens with one attached hydrogen (secondary N) is 1. The van der Waals surface area contributed by atoms with Crippen molar-refractivity contribution in [2.45, 2.75) is 19.1 Å². The maximum atomic E-state index is 5.78. The van der Waals surface area contributed by atoms with Gasteiger partial charge in [0.2, 0.25) is 0 Å². The monoisotopic (exact) mass is 207 g/mol. The third kappa shape index (κ3) is 2.13. The molecule has 82 valence electrons. The van der Waals surface area contributed by atoms with Gasteiger partial charge in [0.15, 0.2) is 0 Å². The molecule has 1 aromatic rings. The lowest BCUT2D eigenvalue weighted by Crippen LogP contribution is -2.41. The van der Waals surface area contributed by atoms with Crippen molar-refractivity contribution in [3.63, 3.8) is 0 Å². The highest BCUT2D eigenvalue weighted by Gasteiger charge is 2.25. The van der Waals surface area contributed by atoms with Gasteiger partial charge < -0.3 is 14.8 Å². The van der Waals surface area contributed by atoms with Gasteiger partial charge in [-0.3, -0.25) is 0 Å². The molecule has 0 saturated carbocycles. The smallest absolute Gasteiger partial charge is 0.124 e. The molecule has 1 aliphatic heterocycles. The van der Waals surface area contributed by atoms with Crippen LogP contribution in [-0.2, 0) is 4.74 Å². The maximum Gasteiger partial charge on any atom is 0.124 e. The van der Waals surface area contributed by atoms with Crippen molar-refractivity contribution >= 4 is 0 Å². The maximum absolute atomic E-state index is 5.78. The fourth-order valence-electron chi connectivity index (χ4n) is 1.98. The van der Waals surface area contributed by atoms with E-state index in [1.807, 2.05) is 18.2 Å². The van der Waals surface area contributed by atoms with Gasteiger partial charge >= 0.3 is 0 Å². The predicted molar refractivity (Wildman–Crippen MR) is 59.2 cm³/mol.